The lowest BCUT2D eigenvalue weighted by molar-refractivity contribution is 0.361. The monoisotopic (exact) mass is 230 g/mol. The van der Waals surface area contributed by atoms with Crippen LogP contribution in [0.5, 0.6) is 0 Å². The van der Waals surface area contributed by atoms with Gasteiger partial charge in [0.15, 0.2) is 0 Å². The van der Waals surface area contributed by atoms with Gasteiger partial charge >= 0.3 is 0 Å². The molecule has 1 N–H and O–H groups in total. The molecular formula is C14H18N2O. The van der Waals surface area contributed by atoms with Crippen LogP contribution in [0, 0.1) is 6.92 Å². The number of aryl methyl sites for hydroxylation is 1. The molecule has 0 amide bonds. The zero-order valence-corrected chi connectivity index (χ0v) is 10.3. The molecule has 3 nitrogen and oxygen atoms in total. The predicted octanol–water partition coefficient (Wildman–Crippen LogP) is 3.22. The van der Waals surface area contributed by atoms with Crippen LogP contribution in [0.1, 0.15) is 36.3 Å². The minimum Gasteiger partial charge on any atom is -0.360 e. The molecule has 1 atom stereocenters. The van der Waals surface area contributed by atoms with Crippen molar-refractivity contribution in [1.29, 1.82) is 0 Å². The summed E-state index contributed by atoms with van der Waals surface area (Å²) in [6, 6.07) is 10.9. The molecular weight excluding hydrogens is 212 g/mol. The maximum atomic E-state index is 5.07. The SMILES string of the molecule is CCC(NCc1ccno1)c1ccc(C)cc1. The molecule has 0 aliphatic heterocycles. The quantitative estimate of drug-likeness (QED) is 0.857. The lowest BCUT2D eigenvalue weighted by atomic mass is 10.0. The summed E-state index contributed by atoms with van der Waals surface area (Å²) in [7, 11) is 0. The molecule has 0 aliphatic rings. The zero-order valence-electron chi connectivity index (χ0n) is 10.3. The summed E-state index contributed by atoms with van der Waals surface area (Å²) >= 11 is 0. The van der Waals surface area contributed by atoms with Crippen LogP contribution in [0.3, 0.4) is 0 Å². The Morgan fingerprint density at radius 3 is 2.59 bits per heavy atom. The number of nitrogens with zero attached hydrogens (tertiary/aromatic N) is 1. The average Bonchev–Trinajstić information content (AvgIpc) is 2.85. The molecule has 0 aliphatic carbocycles. The number of nitrogens with one attached hydrogen (secondary N) is 1. The Hall–Kier alpha value is -1.61. The summed E-state index contributed by atoms with van der Waals surface area (Å²) in [5, 5.41) is 7.17. The molecule has 17 heavy (non-hydrogen) atoms. The molecule has 0 fully saturated rings. The van der Waals surface area contributed by atoms with Crippen LogP contribution in [-0.4, -0.2) is 5.16 Å². The Balaban J connectivity index is 1.99. The highest BCUT2D eigenvalue weighted by Crippen LogP contribution is 2.17. The topological polar surface area (TPSA) is 38.1 Å². The van der Waals surface area contributed by atoms with Gasteiger partial charge in [-0.3, -0.25) is 0 Å². The summed E-state index contributed by atoms with van der Waals surface area (Å²) in [5.41, 5.74) is 2.61. The molecule has 0 saturated carbocycles. The highest BCUT2D eigenvalue weighted by molar-refractivity contribution is 5.24. The fraction of sp³-hybridized carbons (Fsp3) is 0.357. The lowest BCUT2D eigenvalue weighted by Gasteiger charge is -2.16. The van der Waals surface area contributed by atoms with Gasteiger partial charge in [0.2, 0.25) is 0 Å². The Labute approximate surface area is 102 Å². The summed E-state index contributed by atoms with van der Waals surface area (Å²) in [6.07, 6.45) is 2.72. The fourth-order valence-electron chi connectivity index (χ4n) is 1.85. The second-order valence-electron chi connectivity index (χ2n) is 4.23. The Morgan fingerprint density at radius 1 is 1.24 bits per heavy atom. The summed E-state index contributed by atoms with van der Waals surface area (Å²) < 4.78 is 5.07. The van der Waals surface area contributed by atoms with E-state index >= 15 is 0 Å². The van der Waals surface area contributed by atoms with Gasteiger partial charge in [-0.1, -0.05) is 41.9 Å². The second kappa shape index (κ2) is 5.64. The molecule has 2 aromatic rings. The first-order chi connectivity index (χ1) is 8.29. The Morgan fingerprint density at radius 2 is 2.00 bits per heavy atom. The summed E-state index contributed by atoms with van der Waals surface area (Å²) in [4.78, 5) is 0. The van der Waals surface area contributed by atoms with Crippen molar-refractivity contribution in [2.75, 3.05) is 0 Å². The number of rotatable bonds is 5. The van der Waals surface area contributed by atoms with Crippen molar-refractivity contribution in [3.05, 3.63) is 53.4 Å². The van der Waals surface area contributed by atoms with Crippen molar-refractivity contribution in [3.8, 4) is 0 Å². The molecule has 2 rings (SSSR count). The van der Waals surface area contributed by atoms with Gasteiger partial charge in [0.25, 0.3) is 0 Å². The molecule has 0 saturated heterocycles. The lowest BCUT2D eigenvalue weighted by Crippen LogP contribution is -2.19. The minimum absolute atomic E-state index is 0.362. The van der Waals surface area contributed by atoms with Crippen molar-refractivity contribution in [2.24, 2.45) is 0 Å². The fourth-order valence-corrected chi connectivity index (χ4v) is 1.85. The molecule has 90 valence electrons. The van der Waals surface area contributed by atoms with E-state index in [1.807, 2.05) is 6.07 Å². The van der Waals surface area contributed by atoms with Crippen LogP contribution in [0.2, 0.25) is 0 Å². The number of hydrogen-bond acceptors (Lipinski definition) is 3. The zero-order chi connectivity index (χ0) is 12.1. The Bertz CT molecular complexity index is 434. The normalized spacial score (nSPS) is 12.6. The van der Waals surface area contributed by atoms with Crippen LogP contribution >= 0.6 is 0 Å². The van der Waals surface area contributed by atoms with Crippen LogP contribution < -0.4 is 5.32 Å². The van der Waals surface area contributed by atoms with E-state index in [0.717, 1.165) is 12.2 Å². The third kappa shape index (κ3) is 3.17. The van der Waals surface area contributed by atoms with E-state index in [1.165, 1.54) is 11.1 Å². The van der Waals surface area contributed by atoms with Crippen molar-refractivity contribution in [3.63, 3.8) is 0 Å². The molecule has 1 heterocycles. The van der Waals surface area contributed by atoms with E-state index < -0.39 is 0 Å². The summed E-state index contributed by atoms with van der Waals surface area (Å²) in [5.74, 6) is 0.871. The standard InChI is InChI=1S/C14H18N2O/c1-3-14(12-6-4-11(2)5-7-12)15-10-13-8-9-16-17-13/h4-9,14-15H,3,10H2,1-2H3. The molecule has 1 unspecified atom stereocenters. The van der Waals surface area contributed by atoms with Crippen LogP contribution in [0.4, 0.5) is 0 Å². The molecule has 1 aromatic carbocycles. The van der Waals surface area contributed by atoms with Gasteiger partial charge in [-0.25, -0.2) is 0 Å². The van der Waals surface area contributed by atoms with Gasteiger partial charge in [0.1, 0.15) is 5.76 Å². The number of hydrogen-bond donors (Lipinski definition) is 1. The third-order valence-electron chi connectivity index (χ3n) is 2.90. The van der Waals surface area contributed by atoms with Crippen LogP contribution in [0.15, 0.2) is 41.1 Å². The van der Waals surface area contributed by atoms with E-state index in [-0.39, 0.29) is 0 Å². The summed E-state index contributed by atoms with van der Waals surface area (Å²) in [6.45, 7) is 5.00. The van der Waals surface area contributed by atoms with Gasteiger partial charge in [-0.2, -0.15) is 0 Å². The first kappa shape index (κ1) is 11.9. The predicted molar refractivity (Wildman–Crippen MR) is 67.6 cm³/mol. The number of benzene rings is 1. The highest BCUT2D eigenvalue weighted by Gasteiger charge is 2.09. The minimum atomic E-state index is 0.362. The third-order valence-corrected chi connectivity index (χ3v) is 2.90. The molecule has 0 radical (unpaired) electrons. The van der Waals surface area contributed by atoms with E-state index in [0.29, 0.717) is 12.6 Å². The molecule has 3 heteroatoms. The van der Waals surface area contributed by atoms with Gasteiger partial charge in [-0.05, 0) is 18.9 Å². The average molecular weight is 230 g/mol. The van der Waals surface area contributed by atoms with Crippen molar-refractivity contribution in [1.82, 2.24) is 10.5 Å². The van der Waals surface area contributed by atoms with Crippen LogP contribution in [0.25, 0.3) is 0 Å². The first-order valence-electron chi connectivity index (χ1n) is 5.99. The first-order valence-corrected chi connectivity index (χ1v) is 5.99. The van der Waals surface area contributed by atoms with Gasteiger partial charge < -0.3 is 9.84 Å². The van der Waals surface area contributed by atoms with E-state index in [2.05, 4.69) is 48.6 Å². The van der Waals surface area contributed by atoms with Crippen molar-refractivity contribution >= 4 is 0 Å². The van der Waals surface area contributed by atoms with Crippen molar-refractivity contribution in [2.45, 2.75) is 32.9 Å². The number of aromatic nitrogens is 1. The highest BCUT2D eigenvalue weighted by atomic mass is 16.5. The van der Waals surface area contributed by atoms with Crippen molar-refractivity contribution < 1.29 is 4.52 Å². The van der Waals surface area contributed by atoms with E-state index in [9.17, 15) is 0 Å². The van der Waals surface area contributed by atoms with Gasteiger partial charge in [-0.15, -0.1) is 0 Å². The molecule has 0 bridgehead atoms. The van der Waals surface area contributed by atoms with Gasteiger partial charge in [0, 0.05) is 12.1 Å². The Kier molecular flexibility index (Phi) is 3.94. The van der Waals surface area contributed by atoms with Gasteiger partial charge in [0.05, 0.1) is 12.7 Å². The largest absolute Gasteiger partial charge is 0.360 e. The van der Waals surface area contributed by atoms with Crippen LogP contribution in [-0.2, 0) is 6.54 Å². The smallest absolute Gasteiger partial charge is 0.150 e. The van der Waals surface area contributed by atoms with E-state index in [1.54, 1.807) is 6.20 Å². The second-order valence-corrected chi connectivity index (χ2v) is 4.23. The molecule has 1 aromatic heterocycles. The maximum absolute atomic E-state index is 5.07. The molecule has 0 spiro atoms. The van der Waals surface area contributed by atoms with E-state index in [4.69, 9.17) is 4.52 Å². The maximum Gasteiger partial charge on any atom is 0.150 e.